The molecule has 2 N–H and O–H groups in total. The lowest BCUT2D eigenvalue weighted by Gasteiger charge is -2.32. The number of para-hydroxylation sites is 2. The monoisotopic (exact) mass is 566 g/mol. The van der Waals surface area contributed by atoms with E-state index in [1.54, 1.807) is 48.5 Å². The van der Waals surface area contributed by atoms with Crippen LogP contribution in [0.2, 0.25) is 0 Å². The number of ether oxygens (including phenoxy) is 4. The van der Waals surface area contributed by atoms with E-state index >= 15 is 0 Å². The van der Waals surface area contributed by atoms with E-state index in [1.165, 1.54) is 0 Å². The molecule has 0 bridgehead atoms. The lowest BCUT2D eigenvalue weighted by molar-refractivity contribution is -0.127. The summed E-state index contributed by atoms with van der Waals surface area (Å²) in [5.41, 5.74) is 0. The van der Waals surface area contributed by atoms with Crippen LogP contribution in [0.1, 0.15) is 25.7 Å². The van der Waals surface area contributed by atoms with Crippen molar-refractivity contribution in [3.63, 3.8) is 0 Å². The molecular formula is C34H34N2O6. The van der Waals surface area contributed by atoms with Gasteiger partial charge < -0.3 is 29.6 Å². The van der Waals surface area contributed by atoms with Gasteiger partial charge in [-0.1, -0.05) is 49.2 Å². The van der Waals surface area contributed by atoms with Crippen molar-refractivity contribution in [3.05, 3.63) is 109 Å². The van der Waals surface area contributed by atoms with Gasteiger partial charge in [-0.15, -0.1) is 0 Å². The van der Waals surface area contributed by atoms with Gasteiger partial charge in [-0.05, 0) is 85.6 Å². The quantitative estimate of drug-likeness (QED) is 0.210. The highest BCUT2D eigenvalue weighted by molar-refractivity contribution is 5.79. The van der Waals surface area contributed by atoms with Crippen molar-refractivity contribution in [2.75, 3.05) is 13.2 Å². The molecule has 216 valence electrons. The number of amides is 2. The first-order valence-corrected chi connectivity index (χ1v) is 14.1. The summed E-state index contributed by atoms with van der Waals surface area (Å²) in [5.74, 6) is 3.50. The molecule has 1 aliphatic rings. The molecule has 4 aromatic carbocycles. The van der Waals surface area contributed by atoms with Gasteiger partial charge in [0.25, 0.3) is 11.8 Å². The van der Waals surface area contributed by atoms with Gasteiger partial charge in [0.15, 0.2) is 13.2 Å². The summed E-state index contributed by atoms with van der Waals surface area (Å²) in [6.07, 6.45) is 3.53. The zero-order chi connectivity index (χ0) is 29.0. The molecule has 0 radical (unpaired) electrons. The maximum absolute atomic E-state index is 12.7. The van der Waals surface area contributed by atoms with E-state index in [2.05, 4.69) is 10.6 Å². The van der Waals surface area contributed by atoms with Gasteiger partial charge in [-0.3, -0.25) is 9.59 Å². The summed E-state index contributed by atoms with van der Waals surface area (Å²) in [4.78, 5) is 25.3. The number of carbonyl (C=O) groups excluding carboxylic acids is 2. The molecule has 0 aliphatic heterocycles. The molecule has 0 saturated heterocycles. The number of rotatable bonds is 12. The number of hydrogen-bond acceptors (Lipinski definition) is 6. The van der Waals surface area contributed by atoms with Crippen LogP contribution in [0.5, 0.6) is 34.5 Å². The molecular weight excluding hydrogens is 532 g/mol. The number of benzene rings is 4. The van der Waals surface area contributed by atoms with Crippen molar-refractivity contribution >= 4 is 11.8 Å². The average molecular weight is 567 g/mol. The van der Waals surface area contributed by atoms with Crippen molar-refractivity contribution in [2.24, 2.45) is 0 Å². The molecule has 1 fully saturated rings. The van der Waals surface area contributed by atoms with Crippen molar-refractivity contribution in [3.8, 4) is 34.5 Å². The Labute approximate surface area is 245 Å². The Kier molecular flexibility index (Phi) is 9.92. The van der Waals surface area contributed by atoms with Gasteiger partial charge in [0, 0.05) is 12.1 Å². The van der Waals surface area contributed by atoms with E-state index in [0.717, 1.165) is 37.2 Å². The lowest BCUT2D eigenvalue weighted by atomic mass is 9.90. The minimum absolute atomic E-state index is 0.122. The van der Waals surface area contributed by atoms with Crippen LogP contribution in [0, 0.1) is 0 Å². The normalized spacial score (nSPS) is 16.1. The first-order valence-electron chi connectivity index (χ1n) is 14.1. The summed E-state index contributed by atoms with van der Waals surface area (Å²) < 4.78 is 22.9. The van der Waals surface area contributed by atoms with Crippen LogP contribution in [0.25, 0.3) is 0 Å². The lowest BCUT2D eigenvalue weighted by Crippen LogP contribution is -2.54. The third kappa shape index (κ3) is 8.76. The van der Waals surface area contributed by atoms with Crippen LogP contribution < -0.4 is 29.6 Å². The molecule has 0 heterocycles. The van der Waals surface area contributed by atoms with E-state index < -0.39 is 0 Å². The summed E-state index contributed by atoms with van der Waals surface area (Å²) in [5, 5.41) is 6.06. The topological polar surface area (TPSA) is 95.1 Å². The number of carbonyl (C=O) groups is 2. The fourth-order valence-electron chi connectivity index (χ4n) is 4.73. The molecule has 1 saturated carbocycles. The third-order valence-electron chi connectivity index (χ3n) is 6.80. The fourth-order valence-corrected chi connectivity index (χ4v) is 4.73. The van der Waals surface area contributed by atoms with Gasteiger partial charge in [0.2, 0.25) is 0 Å². The van der Waals surface area contributed by atoms with E-state index in [9.17, 15) is 9.59 Å². The average Bonchev–Trinajstić information content (AvgIpc) is 3.02. The minimum Gasteiger partial charge on any atom is -0.484 e. The smallest absolute Gasteiger partial charge is 0.258 e. The molecule has 0 spiro atoms. The van der Waals surface area contributed by atoms with Crippen LogP contribution >= 0.6 is 0 Å². The molecule has 4 aromatic rings. The van der Waals surface area contributed by atoms with E-state index in [1.807, 2.05) is 60.7 Å². The number of nitrogens with one attached hydrogen (secondary N) is 2. The highest BCUT2D eigenvalue weighted by atomic mass is 16.5. The standard InChI is InChI=1S/C34H34N2O6/c37-33(23-39-25-15-19-29(20-16-25)41-27-9-3-1-4-10-27)35-31-13-7-8-14-32(31)36-34(38)24-40-26-17-21-30(22-18-26)42-28-11-5-2-6-12-28/h1-6,9-12,15-22,31-32H,7-8,13-14,23-24H2,(H,35,37)(H,36,38)/t31-,32-/m0/s1. The highest BCUT2D eigenvalue weighted by Gasteiger charge is 2.28. The SMILES string of the molecule is O=C(COc1ccc(Oc2ccccc2)cc1)N[C@H]1CCCC[C@@H]1NC(=O)COc1ccc(Oc2ccccc2)cc1. The Morgan fingerprint density at radius 1 is 0.500 bits per heavy atom. The second kappa shape index (κ2) is 14.6. The predicted octanol–water partition coefficient (Wildman–Crippen LogP) is 6.27. The third-order valence-corrected chi connectivity index (χ3v) is 6.80. The van der Waals surface area contributed by atoms with Crippen molar-refractivity contribution in [2.45, 2.75) is 37.8 Å². The molecule has 0 unspecified atom stereocenters. The Morgan fingerprint density at radius 2 is 0.833 bits per heavy atom. The largest absolute Gasteiger partial charge is 0.484 e. The number of hydrogen-bond donors (Lipinski definition) is 2. The molecule has 0 aromatic heterocycles. The Morgan fingerprint density at radius 3 is 1.21 bits per heavy atom. The van der Waals surface area contributed by atoms with Crippen LogP contribution in [-0.2, 0) is 9.59 Å². The van der Waals surface area contributed by atoms with E-state index in [0.29, 0.717) is 23.0 Å². The van der Waals surface area contributed by atoms with Crippen molar-refractivity contribution in [1.29, 1.82) is 0 Å². The van der Waals surface area contributed by atoms with E-state index in [4.69, 9.17) is 18.9 Å². The maximum atomic E-state index is 12.7. The summed E-state index contributed by atoms with van der Waals surface area (Å²) in [7, 11) is 0. The summed E-state index contributed by atoms with van der Waals surface area (Å²) >= 11 is 0. The first kappa shape index (κ1) is 28.5. The molecule has 1 aliphatic carbocycles. The predicted molar refractivity (Wildman–Crippen MR) is 159 cm³/mol. The molecule has 42 heavy (non-hydrogen) atoms. The Hall–Kier alpha value is -4.98. The maximum Gasteiger partial charge on any atom is 0.258 e. The van der Waals surface area contributed by atoms with Gasteiger partial charge in [0.05, 0.1) is 0 Å². The second-order valence-electron chi connectivity index (χ2n) is 9.98. The van der Waals surface area contributed by atoms with E-state index in [-0.39, 0.29) is 37.1 Å². The summed E-state index contributed by atoms with van der Waals surface area (Å²) in [6, 6.07) is 32.9. The highest BCUT2D eigenvalue weighted by Crippen LogP contribution is 2.25. The van der Waals surface area contributed by atoms with Crippen molar-refractivity contribution < 1.29 is 28.5 Å². The van der Waals surface area contributed by atoms with Gasteiger partial charge >= 0.3 is 0 Å². The van der Waals surface area contributed by atoms with Crippen LogP contribution in [0.4, 0.5) is 0 Å². The minimum atomic E-state index is -0.236. The summed E-state index contributed by atoms with van der Waals surface area (Å²) in [6.45, 7) is -0.244. The zero-order valence-corrected chi connectivity index (χ0v) is 23.2. The van der Waals surface area contributed by atoms with Crippen LogP contribution in [0.15, 0.2) is 109 Å². The Bertz CT molecular complexity index is 1300. The van der Waals surface area contributed by atoms with Gasteiger partial charge in [0.1, 0.15) is 34.5 Å². The molecule has 2 amide bonds. The first-order chi connectivity index (χ1) is 20.6. The molecule has 5 rings (SSSR count). The Balaban J connectivity index is 1.04. The zero-order valence-electron chi connectivity index (χ0n) is 23.2. The van der Waals surface area contributed by atoms with Gasteiger partial charge in [-0.2, -0.15) is 0 Å². The molecule has 8 heteroatoms. The molecule has 2 atom stereocenters. The van der Waals surface area contributed by atoms with Crippen molar-refractivity contribution in [1.82, 2.24) is 10.6 Å². The molecule has 8 nitrogen and oxygen atoms in total. The second-order valence-corrected chi connectivity index (χ2v) is 9.98. The van der Waals surface area contributed by atoms with Crippen LogP contribution in [0.3, 0.4) is 0 Å². The fraction of sp³-hybridized carbons (Fsp3) is 0.235. The van der Waals surface area contributed by atoms with Gasteiger partial charge in [-0.25, -0.2) is 0 Å². The van der Waals surface area contributed by atoms with Crippen LogP contribution in [-0.4, -0.2) is 37.1 Å².